The van der Waals surface area contributed by atoms with Crippen LogP contribution in [0.2, 0.25) is 0 Å². The van der Waals surface area contributed by atoms with Crippen LogP contribution in [0.1, 0.15) is 43.6 Å². The van der Waals surface area contributed by atoms with Crippen molar-refractivity contribution in [1.29, 1.82) is 0 Å². The van der Waals surface area contributed by atoms with Crippen molar-refractivity contribution < 1.29 is 0 Å². The molecule has 1 nitrogen and oxygen atoms in total. The van der Waals surface area contributed by atoms with Crippen molar-refractivity contribution in [1.82, 2.24) is 0 Å². The maximum Gasteiger partial charge on any atom is 0.0540 e. The topological polar surface area (TPSA) is 3.24 Å². The molecule has 1 aliphatic rings. The number of hydrogen-bond acceptors (Lipinski definition) is 1. The second kappa shape index (κ2) is 16.1. The first-order valence-corrected chi connectivity index (χ1v) is 22.0. The highest BCUT2D eigenvalue weighted by Gasteiger charge is 2.24. The highest BCUT2D eigenvalue weighted by atomic mass is 15.1. The molecule has 0 saturated heterocycles. The van der Waals surface area contributed by atoms with Gasteiger partial charge in [-0.05, 0) is 120 Å². The van der Waals surface area contributed by atoms with Crippen LogP contribution in [-0.4, -0.2) is 0 Å². The van der Waals surface area contributed by atoms with Gasteiger partial charge in [0, 0.05) is 16.8 Å². The van der Waals surface area contributed by atoms with E-state index in [4.69, 9.17) is 0 Å². The summed E-state index contributed by atoms with van der Waals surface area (Å²) in [5.41, 5.74) is 14.6. The van der Waals surface area contributed by atoms with E-state index in [1.807, 2.05) is 0 Å². The van der Waals surface area contributed by atoms with Gasteiger partial charge in [-0.1, -0.05) is 207 Å². The van der Waals surface area contributed by atoms with Gasteiger partial charge in [-0.2, -0.15) is 0 Å². The summed E-state index contributed by atoms with van der Waals surface area (Å²) in [6.45, 7) is 0. The van der Waals surface area contributed by atoms with Crippen LogP contribution in [0.3, 0.4) is 0 Å². The first-order chi connectivity index (χ1) is 30.3. The average Bonchev–Trinajstić information content (AvgIpc) is 3.35. The third-order valence-electron chi connectivity index (χ3n) is 13.1. The predicted octanol–water partition coefficient (Wildman–Crippen LogP) is 17.3. The fourth-order valence-corrected chi connectivity index (χ4v) is 10.1. The number of fused-ring (bicyclic) bond motifs is 4. The average molecular weight is 782 g/mol. The minimum absolute atomic E-state index is 0.580. The first kappa shape index (κ1) is 36.8. The van der Waals surface area contributed by atoms with Crippen LogP contribution >= 0.6 is 0 Å². The maximum atomic E-state index is 2.51. The van der Waals surface area contributed by atoms with E-state index in [2.05, 4.69) is 223 Å². The summed E-state index contributed by atoms with van der Waals surface area (Å²) in [5.74, 6) is 0.580. The molecule has 0 radical (unpaired) electrons. The van der Waals surface area contributed by atoms with Crippen molar-refractivity contribution in [3.8, 4) is 44.5 Å². The molecule has 0 N–H and O–H groups in total. The molecule has 0 aromatic heterocycles. The van der Waals surface area contributed by atoms with Crippen molar-refractivity contribution in [3.05, 3.63) is 224 Å². The molecule has 0 bridgehead atoms. The van der Waals surface area contributed by atoms with Crippen molar-refractivity contribution in [3.63, 3.8) is 0 Å². The summed E-state index contributed by atoms with van der Waals surface area (Å²) < 4.78 is 0. The van der Waals surface area contributed by atoms with Crippen molar-refractivity contribution in [2.45, 2.75) is 38.0 Å². The van der Waals surface area contributed by atoms with E-state index in [1.54, 1.807) is 0 Å². The lowest BCUT2D eigenvalue weighted by Crippen LogP contribution is -2.13. The number of rotatable bonds is 8. The molecule has 1 saturated carbocycles. The molecule has 1 heteroatoms. The maximum absolute atomic E-state index is 2.51. The Kier molecular flexibility index (Phi) is 9.71. The second-order valence-electron chi connectivity index (χ2n) is 16.6. The fraction of sp³-hybridized carbons (Fsp3) is 0.100. The van der Waals surface area contributed by atoms with Gasteiger partial charge in [0.25, 0.3) is 0 Å². The molecular formula is C60H47N. The van der Waals surface area contributed by atoms with Gasteiger partial charge < -0.3 is 4.90 Å². The molecule has 0 unspecified atom stereocenters. The van der Waals surface area contributed by atoms with Crippen LogP contribution in [0.25, 0.3) is 76.8 Å². The molecule has 10 aromatic rings. The van der Waals surface area contributed by atoms with E-state index >= 15 is 0 Å². The lowest BCUT2D eigenvalue weighted by atomic mass is 9.80. The summed E-state index contributed by atoms with van der Waals surface area (Å²) in [4.78, 5) is 2.51. The molecule has 0 aliphatic heterocycles. The monoisotopic (exact) mass is 781 g/mol. The van der Waals surface area contributed by atoms with Crippen LogP contribution in [-0.2, 0) is 0 Å². The Morgan fingerprint density at radius 3 is 1.74 bits per heavy atom. The van der Waals surface area contributed by atoms with Crippen LogP contribution in [0, 0.1) is 0 Å². The molecule has 0 amide bonds. The van der Waals surface area contributed by atoms with Gasteiger partial charge in [0.2, 0.25) is 0 Å². The molecule has 292 valence electrons. The standard InChI is InChI=1S/C60H47N/c1-4-17-42(18-5-1)48-36-40-59(57(41-48)44-21-8-3-9-22-44)61(49-37-33-46(34-38-49)51-28-16-30-53-50-26-11-10-23-45(50)35-39-54(51)53)58-32-13-12-27-55(58)56-31-15-25-47-24-14-29-52(60(47)56)43-19-6-2-7-20-43/h1,3-5,8-18,21-41,43H,2,6-7,19-20H2. The number of benzene rings is 10. The van der Waals surface area contributed by atoms with Crippen LogP contribution < -0.4 is 4.90 Å². The summed E-state index contributed by atoms with van der Waals surface area (Å²) in [6.07, 6.45) is 6.47. The van der Waals surface area contributed by atoms with Gasteiger partial charge in [-0.25, -0.2) is 0 Å². The van der Waals surface area contributed by atoms with Crippen molar-refractivity contribution in [2.24, 2.45) is 0 Å². The smallest absolute Gasteiger partial charge is 0.0540 e. The zero-order valence-corrected chi connectivity index (χ0v) is 34.3. The molecule has 0 spiro atoms. The zero-order chi connectivity index (χ0) is 40.5. The zero-order valence-electron chi connectivity index (χ0n) is 34.3. The molecule has 10 aromatic carbocycles. The van der Waals surface area contributed by atoms with Crippen molar-refractivity contribution >= 4 is 49.4 Å². The van der Waals surface area contributed by atoms with Crippen LogP contribution in [0.5, 0.6) is 0 Å². The normalized spacial score (nSPS) is 13.2. The first-order valence-electron chi connectivity index (χ1n) is 22.0. The molecule has 0 heterocycles. The second-order valence-corrected chi connectivity index (χ2v) is 16.6. The lowest BCUT2D eigenvalue weighted by molar-refractivity contribution is 0.445. The Morgan fingerprint density at radius 2 is 0.918 bits per heavy atom. The van der Waals surface area contributed by atoms with Crippen LogP contribution in [0.15, 0.2) is 218 Å². The van der Waals surface area contributed by atoms with Crippen LogP contribution in [0.4, 0.5) is 17.1 Å². The Morgan fingerprint density at radius 1 is 0.328 bits per heavy atom. The van der Waals surface area contributed by atoms with E-state index in [1.165, 1.54) is 114 Å². The highest BCUT2D eigenvalue weighted by Crippen LogP contribution is 2.49. The Balaban J connectivity index is 1.13. The largest absolute Gasteiger partial charge is 0.309 e. The van der Waals surface area contributed by atoms with E-state index in [0.717, 1.165) is 17.1 Å². The van der Waals surface area contributed by atoms with Gasteiger partial charge >= 0.3 is 0 Å². The SMILES string of the molecule is c1ccc(-c2ccc(N(c3ccc(-c4cccc5c4ccc4ccccc45)cc3)c3ccccc3-c3cccc4cccc(C5CCCCC5)c34)c(-c3ccccc3)c2)cc1. The minimum Gasteiger partial charge on any atom is -0.309 e. The summed E-state index contributed by atoms with van der Waals surface area (Å²) in [6, 6.07) is 80.8. The molecule has 1 fully saturated rings. The third kappa shape index (κ3) is 6.87. The quantitative estimate of drug-likeness (QED) is 0.139. The van der Waals surface area contributed by atoms with E-state index in [-0.39, 0.29) is 0 Å². The fourth-order valence-electron chi connectivity index (χ4n) is 10.1. The highest BCUT2D eigenvalue weighted by molar-refractivity contribution is 6.12. The van der Waals surface area contributed by atoms with Gasteiger partial charge in [0.15, 0.2) is 0 Å². The summed E-state index contributed by atoms with van der Waals surface area (Å²) in [5, 5.41) is 7.81. The number of anilines is 3. The van der Waals surface area contributed by atoms with Crippen molar-refractivity contribution in [2.75, 3.05) is 4.90 Å². The third-order valence-corrected chi connectivity index (χ3v) is 13.1. The minimum atomic E-state index is 0.580. The molecule has 61 heavy (non-hydrogen) atoms. The molecular weight excluding hydrogens is 735 g/mol. The molecule has 11 rings (SSSR count). The number of nitrogens with zero attached hydrogens (tertiary/aromatic N) is 1. The van der Waals surface area contributed by atoms with Gasteiger partial charge in [0.1, 0.15) is 0 Å². The number of hydrogen-bond donors (Lipinski definition) is 0. The predicted molar refractivity (Wildman–Crippen MR) is 261 cm³/mol. The Hall–Kier alpha value is -7.22. The number of para-hydroxylation sites is 1. The van der Waals surface area contributed by atoms with Gasteiger partial charge in [-0.3, -0.25) is 0 Å². The van der Waals surface area contributed by atoms with E-state index in [0.29, 0.717) is 5.92 Å². The van der Waals surface area contributed by atoms with Gasteiger partial charge in [0.05, 0.1) is 11.4 Å². The lowest BCUT2D eigenvalue weighted by Gasteiger charge is -2.31. The Bertz CT molecular complexity index is 3150. The Labute approximate surface area is 359 Å². The van der Waals surface area contributed by atoms with E-state index in [9.17, 15) is 0 Å². The molecule has 0 atom stereocenters. The summed E-state index contributed by atoms with van der Waals surface area (Å²) in [7, 11) is 0. The van der Waals surface area contributed by atoms with E-state index < -0.39 is 0 Å². The summed E-state index contributed by atoms with van der Waals surface area (Å²) >= 11 is 0. The van der Waals surface area contributed by atoms with Gasteiger partial charge in [-0.15, -0.1) is 0 Å². The molecule has 1 aliphatic carbocycles.